The average Bonchev–Trinajstić information content (AvgIpc) is 2.57. The standard InChI is InChI=1S/10C2H4O2.C2H6/c10*1-2(3)4;1-2/h10*1H3,(H,3,4);1-2H3/p-10. The van der Waals surface area contributed by atoms with E-state index in [4.69, 9.17) is 99.0 Å². The van der Waals surface area contributed by atoms with E-state index in [-0.39, 0.29) is 0 Å². The van der Waals surface area contributed by atoms with Crippen molar-refractivity contribution in [3.05, 3.63) is 0 Å². The van der Waals surface area contributed by atoms with Crippen molar-refractivity contribution in [3.8, 4) is 0 Å². The van der Waals surface area contributed by atoms with Gasteiger partial charge in [0.25, 0.3) is 0 Å². The maximum Gasteiger partial charge on any atom is 0.0383 e. The van der Waals surface area contributed by atoms with Crippen LogP contribution in [0.5, 0.6) is 0 Å². The first-order valence-corrected chi connectivity index (χ1v) is 10.1. The highest BCUT2D eigenvalue weighted by atomic mass is 16.4. The molecule has 0 saturated heterocycles. The van der Waals surface area contributed by atoms with Crippen molar-refractivity contribution in [2.75, 3.05) is 0 Å². The molecule has 0 aliphatic carbocycles. The lowest BCUT2D eigenvalue weighted by Gasteiger charge is -1.77. The van der Waals surface area contributed by atoms with Crippen LogP contribution < -0.4 is 51.1 Å². The summed E-state index contributed by atoms with van der Waals surface area (Å²) in [5, 5.41) is 88.9. The van der Waals surface area contributed by atoms with E-state index in [0.717, 1.165) is 69.2 Å². The predicted octanol–water partition coefficient (Wildman–Crippen LogP) is -11.4. The third kappa shape index (κ3) is 1400. The highest BCUT2D eigenvalue weighted by Gasteiger charge is 1.49. The molecule has 0 N–H and O–H groups in total. The van der Waals surface area contributed by atoms with E-state index in [1.807, 2.05) is 13.8 Å². The highest BCUT2D eigenvalue weighted by Crippen LogP contribution is 1.34. The Morgan fingerprint density at radius 3 is 0.214 bits per heavy atom. The number of carboxylic acid groups (broad SMARTS) is 10. The fraction of sp³-hybridized carbons (Fsp3) is 0.545. The zero-order valence-electron chi connectivity index (χ0n) is 25.2. The molecule has 0 radical (unpaired) electrons. The van der Waals surface area contributed by atoms with Crippen LogP contribution >= 0.6 is 0 Å². The molecule has 0 atom stereocenters. The summed E-state index contributed by atoms with van der Waals surface area (Å²) in [4.78, 5) is 88.9. The molecule has 0 aromatic rings. The van der Waals surface area contributed by atoms with Gasteiger partial charge in [0, 0.05) is 59.7 Å². The van der Waals surface area contributed by atoms with Crippen LogP contribution in [0.4, 0.5) is 0 Å². The van der Waals surface area contributed by atoms with Crippen molar-refractivity contribution in [1.82, 2.24) is 0 Å². The zero-order chi connectivity index (χ0) is 37.8. The minimum absolute atomic E-state index is 0.972. The first kappa shape index (κ1) is 70.8. The van der Waals surface area contributed by atoms with Crippen LogP contribution in [-0.2, 0) is 47.9 Å². The second-order valence-electron chi connectivity index (χ2n) is 4.92. The summed E-state index contributed by atoms with van der Waals surface area (Å²) in [5.74, 6) is -10.8. The first-order chi connectivity index (χ1) is 18.3. The van der Waals surface area contributed by atoms with Crippen molar-refractivity contribution in [2.45, 2.75) is 83.1 Å². The summed E-state index contributed by atoms with van der Waals surface area (Å²) >= 11 is 0. The van der Waals surface area contributed by atoms with E-state index in [9.17, 15) is 0 Å². The van der Waals surface area contributed by atoms with Crippen molar-refractivity contribution in [2.24, 2.45) is 0 Å². The maximum atomic E-state index is 8.89. The molecule has 0 bridgehead atoms. The molecule has 0 heterocycles. The van der Waals surface area contributed by atoms with Gasteiger partial charge in [0.2, 0.25) is 0 Å². The molecule has 0 aromatic carbocycles. The number of carbonyl (C=O) groups excluding carboxylic acids is 10. The van der Waals surface area contributed by atoms with E-state index < -0.39 is 59.7 Å². The van der Waals surface area contributed by atoms with Gasteiger partial charge in [-0.3, -0.25) is 0 Å². The van der Waals surface area contributed by atoms with Gasteiger partial charge >= 0.3 is 0 Å². The Morgan fingerprint density at radius 2 is 0.214 bits per heavy atom. The van der Waals surface area contributed by atoms with Crippen molar-refractivity contribution in [1.29, 1.82) is 0 Å². The number of rotatable bonds is 0. The summed E-state index contributed by atoms with van der Waals surface area (Å²) in [5.41, 5.74) is 0. The van der Waals surface area contributed by atoms with Crippen LogP contribution in [0.1, 0.15) is 83.1 Å². The minimum Gasteiger partial charge on any atom is -0.550 e. The molecule has 20 heteroatoms. The van der Waals surface area contributed by atoms with E-state index in [0.29, 0.717) is 0 Å². The second-order valence-corrected chi connectivity index (χ2v) is 4.92. The van der Waals surface area contributed by atoms with Crippen LogP contribution in [-0.4, -0.2) is 59.7 Å². The van der Waals surface area contributed by atoms with Gasteiger partial charge in [-0.25, -0.2) is 0 Å². The van der Waals surface area contributed by atoms with Gasteiger partial charge in [-0.15, -0.1) is 0 Å². The van der Waals surface area contributed by atoms with E-state index in [1.54, 1.807) is 0 Å². The molecule has 0 fully saturated rings. The van der Waals surface area contributed by atoms with Gasteiger partial charge < -0.3 is 99.0 Å². The SMILES string of the molecule is CC.CC(=O)[O-].CC(=O)[O-].CC(=O)[O-].CC(=O)[O-].CC(=O)[O-].CC(=O)[O-].CC(=O)[O-].CC(=O)[O-].CC(=O)[O-].CC(=O)[O-]. The third-order valence-electron chi connectivity index (χ3n) is 0. The van der Waals surface area contributed by atoms with Crippen molar-refractivity contribution in [3.63, 3.8) is 0 Å². The molecular weight excluding hydrogens is 584 g/mol. The molecule has 20 nitrogen and oxygen atoms in total. The second kappa shape index (κ2) is 70.5. The Morgan fingerprint density at radius 1 is 0.214 bits per heavy atom. The molecule has 0 spiro atoms. The van der Waals surface area contributed by atoms with Crippen LogP contribution in [0.25, 0.3) is 0 Å². The van der Waals surface area contributed by atoms with Gasteiger partial charge in [0.1, 0.15) is 0 Å². The van der Waals surface area contributed by atoms with Crippen LogP contribution in [0.15, 0.2) is 0 Å². The van der Waals surface area contributed by atoms with Crippen LogP contribution in [0, 0.1) is 0 Å². The normalized spacial score (nSPS) is 6.10. The maximum absolute atomic E-state index is 8.89. The van der Waals surface area contributed by atoms with E-state index >= 15 is 0 Å². The third-order valence-corrected chi connectivity index (χ3v) is 0. The molecule has 0 aromatic heterocycles. The molecule has 254 valence electrons. The Balaban J connectivity index is -0.0000000281. The van der Waals surface area contributed by atoms with Gasteiger partial charge in [-0.1, -0.05) is 13.8 Å². The fourth-order valence-electron chi connectivity index (χ4n) is 0. The summed E-state index contributed by atoms with van der Waals surface area (Å²) in [6.45, 7) is 13.7. The Hall–Kier alpha value is -5.30. The summed E-state index contributed by atoms with van der Waals surface area (Å²) in [6.07, 6.45) is 0. The molecule has 0 aliphatic heterocycles. The molecule has 42 heavy (non-hydrogen) atoms. The number of aliphatic carboxylic acids is 10. The number of hydrogen-bond donors (Lipinski definition) is 0. The van der Waals surface area contributed by atoms with Gasteiger partial charge in [-0.2, -0.15) is 0 Å². The van der Waals surface area contributed by atoms with Crippen molar-refractivity contribution >= 4 is 59.7 Å². The quantitative estimate of drug-likeness (QED) is 0.242. The summed E-state index contributed by atoms with van der Waals surface area (Å²) in [6, 6.07) is 0. The van der Waals surface area contributed by atoms with Gasteiger partial charge in [0.15, 0.2) is 0 Å². The Bertz CT molecular complexity index is 471. The topological polar surface area (TPSA) is 401 Å². The Kier molecular flexibility index (Phi) is 119. The van der Waals surface area contributed by atoms with Crippen LogP contribution in [0.3, 0.4) is 0 Å². The molecule has 0 rings (SSSR count). The lowest BCUT2D eigenvalue weighted by atomic mass is 10.9. The largest absolute Gasteiger partial charge is 0.550 e. The zero-order valence-corrected chi connectivity index (χ0v) is 25.2. The number of carbonyl (C=O) groups is 10. The lowest BCUT2D eigenvalue weighted by Crippen LogP contribution is -2.16. The highest BCUT2D eigenvalue weighted by molar-refractivity contribution is 5.62. The van der Waals surface area contributed by atoms with E-state index in [2.05, 4.69) is 0 Å². The average molecular weight is 621 g/mol. The molecule has 0 saturated carbocycles. The molecule has 0 unspecified atom stereocenters. The van der Waals surface area contributed by atoms with Gasteiger partial charge in [0.05, 0.1) is 0 Å². The summed E-state index contributed by atoms with van der Waals surface area (Å²) in [7, 11) is 0. The monoisotopic (exact) mass is 620 g/mol. The molecule has 0 aliphatic rings. The molecule has 0 amide bonds. The fourth-order valence-corrected chi connectivity index (χ4v) is 0. The Labute approximate surface area is 242 Å². The van der Waals surface area contributed by atoms with Crippen molar-refractivity contribution < 1.29 is 99.0 Å². The summed E-state index contributed by atoms with van der Waals surface area (Å²) < 4.78 is 0. The van der Waals surface area contributed by atoms with E-state index in [1.165, 1.54) is 0 Å². The first-order valence-electron chi connectivity index (χ1n) is 10.1. The number of hydrogen-bond acceptors (Lipinski definition) is 20. The smallest absolute Gasteiger partial charge is 0.0383 e. The van der Waals surface area contributed by atoms with Gasteiger partial charge in [-0.05, 0) is 69.2 Å². The predicted molar refractivity (Wildman–Crippen MR) is 118 cm³/mol. The number of carboxylic acids is 10. The van der Waals surface area contributed by atoms with Crippen LogP contribution in [0.2, 0.25) is 0 Å². The lowest BCUT2D eigenvalue weighted by molar-refractivity contribution is -0.303. The minimum atomic E-state index is -1.08. The molecular formula is C22H36O20-10.